The Morgan fingerprint density at radius 1 is 1.00 bits per heavy atom. The quantitative estimate of drug-likeness (QED) is 0.667. The number of aryl methyl sites for hydroxylation is 2. The Kier molecular flexibility index (Phi) is 3.42. The number of rotatable bonds is 4. The fraction of sp³-hybridized carbons (Fsp3) is 0.190. The molecule has 3 heterocycles. The lowest BCUT2D eigenvalue weighted by Crippen LogP contribution is -2.41. The molecule has 0 spiro atoms. The van der Waals surface area contributed by atoms with Crippen molar-refractivity contribution in [2.24, 2.45) is 0 Å². The van der Waals surface area contributed by atoms with Crippen LogP contribution in [0, 0.1) is 13.8 Å². The van der Waals surface area contributed by atoms with Crippen molar-refractivity contribution >= 4 is 11.6 Å². The molecule has 1 amide bonds. The summed E-state index contributed by atoms with van der Waals surface area (Å²) in [6.45, 7) is 7.96. The van der Waals surface area contributed by atoms with Crippen LogP contribution in [-0.2, 0) is 10.2 Å². The zero-order valence-electron chi connectivity index (χ0n) is 14.3. The number of anilines is 1. The Labute approximate surface area is 146 Å². The summed E-state index contributed by atoms with van der Waals surface area (Å²) < 4.78 is 11.9. The highest BCUT2D eigenvalue weighted by atomic mass is 16.4. The van der Waals surface area contributed by atoms with E-state index in [4.69, 9.17) is 8.83 Å². The first-order valence-corrected chi connectivity index (χ1v) is 8.25. The predicted octanol–water partition coefficient (Wildman–Crippen LogP) is 4.36. The first-order valence-electron chi connectivity index (χ1n) is 8.25. The minimum atomic E-state index is -1.11. The highest BCUT2D eigenvalue weighted by molar-refractivity contribution is 6.12. The van der Waals surface area contributed by atoms with Gasteiger partial charge in [-0.3, -0.25) is 4.79 Å². The minimum Gasteiger partial charge on any atom is -0.464 e. The molecule has 0 N–H and O–H groups in total. The van der Waals surface area contributed by atoms with Gasteiger partial charge < -0.3 is 13.7 Å². The monoisotopic (exact) mass is 333 g/mol. The highest BCUT2D eigenvalue weighted by Crippen LogP contribution is 2.51. The van der Waals surface area contributed by atoms with Crippen LogP contribution >= 0.6 is 0 Å². The van der Waals surface area contributed by atoms with Crippen LogP contribution < -0.4 is 4.90 Å². The molecule has 0 fully saturated rings. The molecule has 0 radical (unpaired) electrons. The molecule has 0 bridgehead atoms. The lowest BCUT2D eigenvalue weighted by Gasteiger charge is -2.24. The molecule has 0 aliphatic carbocycles. The molecule has 3 aromatic rings. The van der Waals surface area contributed by atoms with E-state index in [1.54, 1.807) is 11.0 Å². The molecule has 4 nitrogen and oxygen atoms in total. The number of hydrogen-bond acceptors (Lipinski definition) is 3. The fourth-order valence-electron chi connectivity index (χ4n) is 3.63. The third kappa shape index (κ3) is 2.03. The number of carbonyl (C=O) groups is 1. The van der Waals surface area contributed by atoms with Gasteiger partial charge in [-0.25, -0.2) is 0 Å². The molecule has 0 unspecified atom stereocenters. The van der Waals surface area contributed by atoms with E-state index < -0.39 is 5.41 Å². The molecule has 2 aromatic heterocycles. The van der Waals surface area contributed by atoms with Gasteiger partial charge in [0.2, 0.25) is 0 Å². The van der Waals surface area contributed by atoms with Gasteiger partial charge in [-0.2, -0.15) is 0 Å². The number of benzene rings is 1. The summed E-state index contributed by atoms with van der Waals surface area (Å²) in [4.78, 5) is 15.4. The van der Waals surface area contributed by atoms with E-state index in [1.807, 2.05) is 62.4 Å². The van der Waals surface area contributed by atoms with Gasteiger partial charge in [0.05, 0.1) is 0 Å². The van der Waals surface area contributed by atoms with Gasteiger partial charge >= 0.3 is 0 Å². The zero-order valence-corrected chi connectivity index (χ0v) is 14.3. The number of hydrogen-bond donors (Lipinski definition) is 0. The van der Waals surface area contributed by atoms with Crippen molar-refractivity contribution in [3.8, 4) is 0 Å². The first kappa shape index (κ1) is 15.5. The number of para-hydroxylation sites is 1. The summed E-state index contributed by atoms with van der Waals surface area (Å²) in [7, 11) is 0. The maximum absolute atomic E-state index is 13.7. The second-order valence-electron chi connectivity index (χ2n) is 6.29. The topological polar surface area (TPSA) is 46.6 Å². The summed E-state index contributed by atoms with van der Waals surface area (Å²) in [5.41, 5.74) is 0.614. The zero-order chi connectivity index (χ0) is 17.6. The molecule has 4 heteroatoms. The molecule has 1 aliphatic rings. The van der Waals surface area contributed by atoms with E-state index in [2.05, 4.69) is 6.58 Å². The SMILES string of the molecule is C=CCN1C(=O)C(c2ccc(C)o2)(c2ccc(C)o2)c2ccccc21. The molecule has 25 heavy (non-hydrogen) atoms. The molecule has 1 aromatic carbocycles. The number of furan rings is 2. The number of nitrogens with zero attached hydrogens (tertiary/aromatic N) is 1. The predicted molar refractivity (Wildman–Crippen MR) is 95.8 cm³/mol. The highest BCUT2D eigenvalue weighted by Gasteiger charge is 2.57. The van der Waals surface area contributed by atoms with Crippen LogP contribution in [0.5, 0.6) is 0 Å². The van der Waals surface area contributed by atoms with Crippen LogP contribution in [0.25, 0.3) is 0 Å². The lowest BCUT2D eigenvalue weighted by atomic mass is 9.77. The van der Waals surface area contributed by atoms with E-state index in [9.17, 15) is 4.79 Å². The largest absolute Gasteiger partial charge is 0.464 e. The van der Waals surface area contributed by atoms with E-state index in [-0.39, 0.29) is 5.91 Å². The molecule has 126 valence electrons. The first-order chi connectivity index (χ1) is 12.1. The number of fused-ring (bicyclic) bond motifs is 1. The Morgan fingerprint density at radius 2 is 1.60 bits per heavy atom. The standard InChI is InChI=1S/C21H19NO3/c1-4-13-22-17-8-6-5-7-16(17)21(20(22)23,18-11-9-14(2)24-18)19-12-10-15(3)25-19/h4-12H,1,13H2,2-3H3. The molecular formula is C21H19NO3. The minimum absolute atomic E-state index is 0.0858. The fourth-order valence-corrected chi connectivity index (χ4v) is 3.63. The maximum Gasteiger partial charge on any atom is 0.253 e. The lowest BCUT2D eigenvalue weighted by molar-refractivity contribution is -0.121. The van der Waals surface area contributed by atoms with Crippen LogP contribution in [0.3, 0.4) is 0 Å². The average molecular weight is 333 g/mol. The van der Waals surface area contributed by atoms with Crippen molar-refractivity contribution in [2.45, 2.75) is 19.3 Å². The Bertz CT molecular complexity index is 923. The summed E-state index contributed by atoms with van der Waals surface area (Å²) in [6.07, 6.45) is 1.73. The Hall–Kier alpha value is -3.01. The molecule has 0 saturated carbocycles. The summed E-state index contributed by atoms with van der Waals surface area (Å²) in [5.74, 6) is 2.57. The molecule has 4 rings (SSSR count). The van der Waals surface area contributed by atoms with E-state index in [0.717, 1.165) is 22.8 Å². The Morgan fingerprint density at radius 3 is 2.12 bits per heavy atom. The van der Waals surface area contributed by atoms with Crippen LogP contribution in [0.4, 0.5) is 5.69 Å². The second-order valence-corrected chi connectivity index (χ2v) is 6.29. The van der Waals surface area contributed by atoms with Crippen LogP contribution in [0.2, 0.25) is 0 Å². The van der Waals surface area contributed by atoms with Crippen molar-refractivity contribution in [1.29, 1.82) is 0 Å². The van der Waals surface area contributed by atoms with Crippen molar-refractivity contribution in [2.75, 3.05) is 11.4 Å². The molecule has 0 atom stereocenters. The van der Waals surface area contributed by atoms with Crippen LogP contribution in [0.1, 0.15) is 28.6 Å². The smallest absolute Gasteiger partial charge is 0.253 e. The third-order valence-corrected chi connectivity index (χ3v) is 4.70. The van der Waals surface area contributed by atoms with Crippen molar-refractivity contribution < 1.29 is 13.6 Å². The number of carbonyl (C=O) groups excluding carboxylic acids is 1. The van der Waals surface area contributed by atoms with Crippen LogP contribution in [0.15, 0.2) is 70.0 Å². The number of amides is 1. The summed E-state index contributed by atoms with van der Waals surface area (Å²) in [5, 5.41) is 0. The van der Waals surface area contributed by atoms with Gasteiger partial charge in [0.15, 0.2) is 5.41 Å². The molecular weight excluding hydrogens is 314 g/mol. The van der Waals surface area contributed by atoms with Gasteiger partial charge in [0, 0.05) is 17.8 Å². The second kappa shape index (κ2) is 5.52. The van der Waals surface area contributed by atoms with Gasteiger partial charge in [0.1, 0.15) is 23.0 Å². The van der Waals surface area contributed by atoms with Crippen LogP contribution in [-0.4, -0.2) is 12.5 Å². The third-order valence-electron chi connectivity index (χ3n) is 4.70. The van der Waals surface area contributed by atoms with Crippen molar-refractivity contribution in [1.82, 2.24) is 0 Å². The molecule has 1 aliphatic heterocycles. The summed E-state index contributed by atoms with van der Waals surface area (Å²) >= 11 is 0. The summed E-state index contributed by atoms with van der Waals surface area (Å²) in [6, 6.07) is 15.2. The van der Waals surface area contributed by atoms with Gasteiger partial charge in [-0.15, -0.1) is 6.58 Å². The van der Waals surface area contributed by atoms with E-state index in [0.29, 0.717) is 18.1 Å². The maximum atomic E-state index is 13.7. The van der Waals surface area contributed by atoms with Gasteiger partial charge in [-0.1, -0.05) is 24.3 Å². The normalized spacial score (nSPS) is 15.4. The van der Waals surface area contributed by atoms with E-state index >= 15 is 0 Å². The Balaban J connectivity index is 2.07. The van der Waals surface area contributed by atoms with Crippen molar-refractivity contribution in [3.63, 3.8) is 0 Å². The van der Waals surface area contributed by atoms with Crippen molar-refractivity contribution in [3.05, 3.63) is 89.8 Å². The van der Waals surface area contributed by atoms with Gasteiger partial charge in [-0.05, 0) is 44.2 Å². The molecule has 0 saturated heterocycles. The average Bonchev–Trinajstić information content (AvgIpc) is 3.28. The van der Waals surface area contributed by atoms with E-state index in [1.165, 1.54) is 0 Å². The van der Waals surface area contributed by atoms with Gasteiger partial charge in [0.25, 0.3) is 5.91 Å².